The van der Waals surface area contributed by atoms with E-state index in [1.165, 1.54) is 7.11 Å². The average Bonchev–Trinajstić information content (AvgIpc) is 2.44. The molecule has 0 bridgehead atoms. The van der Waals surface area contributed by atoms with Gasteiger partial charge in [0, 0.05) is 17.0 Å². The van der Waals surface area contributed by atoms with Crippen molar-refractivity contribution >= 4 is 16.7 Å². The second-order valence-corrected chi connectivity index (χ2v) is 4.47. The van der Waals surface area contributed by atoms with Crippen molar-refractivity contribution in [2.75, 3.05) is 13.7 Å². The molecule has 0 saturated carbocycles. The van der Waals surface area contributed by atoms with Crippen LogP contribution in [0, 0.1) is 6.92 Å². The zero-order valence-corrected chi connectivity index (χ0v) is 11.4. The third kappa shape index (κ3) is 2.71. The molecule has 0 aliphatic heterocycles. The van der Waals surface area contributed by atoms with Crippen LogP contribution in [0.5, 0.6) is 5.75 Å². The quantitative estimate of drug-likeness (QED) is 0.836. The van der Waals surface area contributed by atoms with Crippen LogP contribution in [-0.2, 0) is 4.74 Å². The lowest BCUT2D eigenvalue weighted by Crippen LogP contribution is -2.26. The van der Waals surface area contributed by atoms with Gasteiger partial charge in [0.15, 0.2) is 11.4 Å². The van der Waals surface area contributed by atoms with Crippen LogP contribution in [0.1, 0.15) is 16.1 Å². The van der Waals surface area contributed by atoms with Gasteiger partial charge < -0.3 is 15.2 Å². The lowest BCUT2D eigenvalue weighted by molar-refractivity contribution is 0.0943. The number of ether oxygens (including phenoxy) is 1. The summed E-state index contributed by atoms with van der Waals surface area (Å²) in [4.78, 5) is 16.0. The molecule has 1 aromatic carbocycles. The van der Waals surface area contributed by atoms with Crippen molar-refractivity contribution in [2.24, 2.45) is 0 Å². The monoisotopic (exact) mass is 272 g/mol. The molecular formula is C15H16N2O3. The molecule has 0 fully saturated rings. The number of hydrogen-bond acceptors (Lipinski definition) is 4. The molecule has 5 heteroatoms. The predicted molar refractivity (Wildman–Crippen MR) is 76.6 cm³/mol. The van der Waals surface area contributed by atoms with Crippen LogP contribution in [0.25, 0.3) is 10.8 Å². The molecule has 1 aromatic heterocycles. The Kier molecular flexibility index (Phi) is 3.89. The van der Waals surface area contributed by atoms with Gasteiger partial charge in [0.2, 0.25) is 0 Å². The Morgan fingerprint density at radius 1 is 1.50 bits per heavy atom. The number of carbonyl (C=O) groups excluding carboxylic acids is 1. The van der Waals surface area contributed by atoms with Crippen molar-refractivity contribution < 1.29 is 14.6 Å². The topological polar surface area (TPSA) is 71.5 Å². The number of nitrogens with zero attached hydrogens (tertiary/aromatic N) is 1. The Morgan fingerprint density at radius 2 is 2.25 bits per heavy atom. The number of nitrogens with one attached hydrogen (secondary N) is 1. The molecule has 5 nitrogen and oxygen atoms in total. The summed E-state index contributed by atoms with van der Waals surface area (Å²) in [6.45, 7) is 5.72. The van der Waals surface area contributed by atoms with Gasteiger partial charge in [-0.25, -0.2) is 4.98 Å². The standard InChI is InChI=1S/C15H16N2O3/c1-9-4-5-12-11(6-9)8-16-13(14(12)18)15(19)17-7-10(2)20-3/h4-6,8,18H,2,7H2,1,3H3,(H,17,19). The number of methoxy groups -OCH3 is 1. The molecule has 104 valence electrons. The molecule has 0 radical (unpaired) electrons. The van der Waals surface area contributed by atoms with Gasteiger partial charge in [-0.15, -0.1) is 0 Å². The minimum atomic E-state index is -0.469. The molecule has 2 aromatic rings. The Balaban J connectivity index is 2.31. The summed E-state index contributed by atoms with van der Waals surface area (Å²) in [5, 5.41) is 14.1. The highest BCUT2D eigenvalue weighted by atomic mass is 16.5. The number of aromatic nitrogens is 1. The Hall–Kier alpha value is -2.56. The van der Waals surface area contributed by atoms with E-state index in [0.29, 0.717) is 11.1 Å². The van der Waals surface area contributed by atoms with Gasteiger partial charge in [-0.1, -0.05) is 24.3 Å². The van der Waals surface area contributed by atoms with Crippen molar-refractivity contribution in [3.05, 3.63) is 48.0 Å². The maximum absolute atomic E-state index is 12.0. The molecule has 20 heavy (non-hydrogen) atoms. The van der Waals surface area contributed by atoms with Crippen LogP contribution < -0.4 is 5.32 Å². The summed E-state index contributed by atoms with van der Waals surface area (Å²) in [6.07, 6.45) is 1.57. The van der Waals surface area contributed by atoms with Gasteiger partial charge in [-0.3, -0.25) is 4.79 Å². The fourth-order valence-electron chi connectivity index (χ4n) is 1.83. The van der Waals surface area contributed by atoms with Gasteiger partial charge in [0.1, 0.15) is 5.76 Å². The van der Waals surface area contributed by atoms with E-state index in [9.17, 15) is 9.90 Å². The second-order valence-electron chi connectivity index (χ2n) is 4.47. The summed E-state index contributed by atoms with van der Waals surface area (Å²) in [5.41, 5.74) is 1.05. The molecule has 0 unspecified atom stereocenters. The van der Waals surface area contributed by atoms with E-state index in [4.69, 9.17) is 4.74 Å². The number of benzene rings is 1. The molecule has 0 aliphatic rings. The van der Waals surface area contributed by atoms with Crippen molar-refractivity contribution in [2.45, 2.75) is 6.92 Å². The first kappa shape index (κ1) is 13.9. The van der Waals surface area contributed by atoms with E-state index in [-0.39, 0.29) is 18.0 Å². The van der Waals surface area contributed by atoms with Crippen LogP contribution in [0.15, 0.2) is 36.7 Å². The van der Waals surface area contributed by atoms with E-state index in [1.54, 1.807) is 12.3 Å². The number of rotatable bonds is 4. The van der Waals surface area contributed by atoms with Crippen molar-refractivity contribution in [3.63, 3.8) is 0 Å². The van der Waals surface area contributed by atoms with E-state index in [0.717, 1.165) is 10.9 Å². The highest BCUT2D eigenvalue weighted by molar-refractivity contribution is 6.01. The molecule has 1 amide bonds. The van der Waals surface area contributed by atoms with Gasteiger partial charge in [-0.2, -0.15) is 0 Å². The first-order valence-corrected chi connectivity index (χ1v) is 6.11. The highest BCUT2D eigenvalue weighted by Gasteiger charge is 2.15. The lowest BCUT2D eigenvalue weighted by Gasteiger charge is -2.09. The van der Waals surface area contributed by atoms with Gasteiger partial charge in [-0.05, 0) is 13.0 Å². The Bertz CT molecular complexity index is 680. The number of hydrogen-bond donors (Lipinski definition) is 2. The fourth-order valence-corrected chi connectivity index (χ4v) is 1.83. The van der Waals surface area contributed by atoms with E-state index < -0.39 is 5.91 Å². The Morgan fingerprint density at radius 3 is 2.95 bits per heavy atom. The molecule has 0 saturated heterocycles. The Labute approximate surface area is 116 Å². The van der Waals surface area contributed by atoms with E-state index >= 15 is 0 Å². The summed E-state index contributed by atoms with van der Waals surface area (Å²) in [6, 6.07) is 5.54. The smallest absolute Gasteiger partial charge is 0.274 e. The van der Waals surface area contributed by atoms with Crippen LogP contribution in [0.2, 0.25) is 0 Å². The van der Waals surface area contributed by atoms with Crippen molar-refractivity contribution in [1.29, 1.82) is 0 Å². The molecule has 0 atom stereocenters. The minimum absolute atomic E-state index is 0.00902. The first-order valence-electron chi connectivity index (χ1n) is 6.11. The zero-order valence-electron chi connectivity index (χ0n) is 11.4. The number of fused-ring (bicyclic) bond motifs is 1. The third-order valence-electron chi connectivity index (χ3n) is 2.97. The largest absolute Gasteiger partial charge is 0.505 e. The summed E-state index contributed by atoms with van der Waals surface area (Å²) < 4.78 is 4.86. The molecule has 2 rings (SSSR count). The number of carbonyl (C=O) groups is 1. The van der Waals surface area contributed by atoms with E-state index in [1.807, 2.05) is 19.1 Å². The van der Waals surface area contributed by atoms with E-state index in [2.05, 4.69) is 16.9 Å². The SMILES string of the molecule is C=C(CNC(=O)c1ncc2cc(C)ccc2c1O)OC. The van der Waals surface area contributed by atoms with Crippen LogP contribution in [0.4, 0.5) is 0 Å². The number of pyridine rings is 1. The molecule has 0 aliphatic carbocycles. The number of aryl methyl sites for hydroxylation is 1. The van der Waals surface area contributed by atoms with Crippen molar-refractivity contribution in [3.8, 4) is 5.75 Å². The summed E-state index contributed by atoms with van der Waals surface area (Å²) in [5.74, 6) is -0.166. The van der Waals surface area contributed by atoms with Crippen molar-refractivity contribution in [1.82, 2.24) is 10.3 Å². The normalized spacial score (nSPS) is 10.3. The maximum Gasteiger partial charge on any atom is 0.274 e. The molecule has 2 N–H and O–H groups in total. The lowest BCUT2D eigenvalue weighted by atomic mass is 10.1. The third-order valence-corrected chi connectivity index (χ3v) is 2.97. The van der Waals surface area contributed by atoms with Crippen LogP contribution >= 0.6 is 0 Å². The fraction of sp³-hybridized carbons (Fsp3) is 0.200. The maximum atomic E-state index is 12.0. The van der Waals surface area contributed by atoms with Crippen LogP contribution in [-0.4, -0.2) is 29.7 Å². The number of aromatic hydroxyl groups is 1. The molecule has 1 heterocycles. The van der Waals surface area contributed by atoms with Gasteiger partial charge >= 0.3 is 0 Å². The minimum Gasteiger partial charge on any atom is -0.505 e. The zero-order chi connectivity index (χ0) is 14.7. The predicted octanol–water partition coefficient (Wildman–Crippen LogP) is 2.14. The van der Waals surface area contributed by atoms with Crippen LogP contribution in [0.3, 0.4) is 0 Å². The number of amides is 1. The van der Waals surface area contributed by atoms with Gasteiger partial charge in [0.05, 0.1) is 13.7 Å². The average molecular weight is 272 g/mol. The highest BCUT2D eigenvalue weighted by Crippen LogP contribution is 2.27. The summed E-state index contributed by atoms with van der Waals surface area (Å²) in [7, 11) is 1.47. The second kappa shape index (κ2) is 5.61. The first-order chi connectivity index (χ1) is 9.52. The summed E-state index contributed by atoms with van der Waals surface area (Å²) >= 11 is 0. The molecule has 0 spiro atoms. The molecular weight excluding hydrogens is 256 g/mol. The van der Waals surface area contributed by atoms with Gasteiger partial charge in [0.25, 0.3) is 5.91 Å².